The summed E-state index contributed by atoms with van der Waals surface area (Å²) in [5, 5.41) is 7.44. The van der Waals surface area contributed by atoms with Crippen LogP contribution in [0.4, 0.5) is 0 Å². The summed E-state index contributed by atoms with van der Waals surface area (Å²) < 4.78 is 1.99. The predicted octanol–water partition coefficient (Wildman–Crippen LogP) is 1.76. The minimum Gasteiger partial charge on any atom is -0.336 e. The van der Waals surface area contributed by atoms with Crippen LogP contribution >= 0.6 is 11.3 Å². The first-order chi connectivity index (χ1) is 10.2. The van der Waals surface area contributed by atoms with Crippen LogP contribution in [0.15, 0.2) is 29.2 Å². The van der Waals surface area contributed by atoms with Gasteiger partial charge in [-0.05, 0) is 29.3 Å². The van der Waals surface area contributed by atoms with E-state index in [1.54, 1.807) is 17.5 Å². The lowest BCUT2D eigenvalue weighted by molar-refractivity contribution is -0.136. The molecule has 1 aliphatic heterocycles. The van der Waals surface area contributed by atoms with Gasteiger partial charge in [-0.25, -0.2) is 4.98 Å². The minimum absolute atomic E-state index is 0.00679. The van der Waals surface area contributed by atoms with E-state index in [0.29, 0.717) is 0 Å². The number of imidazole rings is 1. The van der Waals surface area contributed by atoms with Gasteiger partial charge in [-0.1, -0.05) is 0 Å². The fourth-order valence-electron chi connectivity index (χ4n) is 2.81. The third-order valence-corrected chi connectivity index (χ3v) is 4.80. The highest BCUT2D eigenvalue weighted by atomic mass is 32.1. The summed E-state index contributed by atoms with van der Waals surface area (Å²) in [6, 6.07) is 2.04. The summed E-state index contributed by atoms with van der Waals surface area (Å²) in [6.45, 7) is 4.31. The van der Waals surface area contributed by atoms with Crippen LogP contribution in [0.25, 0.3) is 0 Å². The number of amides is 1. The number of hydrogen-bond donors (Lipinski definition) is 1. The van der Waals surface area contributed by atoms with Crippen molar-refractivity contribution in [3.63, 3.8) is 0 Å². The molecule has 0 saturated carbocycles. The standard InChI is InChI=1S/C15H20N4OS/c1-11(12-3-8-21-10-12)15(20)19-7-4-16-9-13(19)14-17-5-6-18(14)2/h3,5-6,8,10-11,13,16H,4,7,9H2,1-2H3. The highest BCUT2D eigenvalue weighted by Crippen LogP contribution is 2.27. The van der Waals surface area contributed by atoms with E-state index < -0.39 is 0 Å². The largest absolute Gasteiger partial charge is 0.336 e. The molecule has 2 atom stereocenters. The Bertz CT molecular complexity index is 607. The van der Waals surface area contributed by atoms with E-state index in [1.165, 1.54) is 0 Å². The molecule has 2 aromatic rings. The first-order valence-corrected chi connectivity index (χ1v) is 8.13. The lowest BCUT2D eigenvalue weighted by atomic mass is 10.0. The smallest absolute Gasteiger partial charge is 0.230 e. The number of thiophene rings is 1. The number of nitrogens with zero attached hydrogens (tertiary/aromatic N) is 3. The topological polar surface area (TPSA) is 50.2 Å². The van der Waals surface area contributed by atoms with Crippen molar-refractivity contribution in [3.05, 3.63) is 40.6 Å². The van der Waals surface area contributed by atoms with Crippen LogP contribution in [-0.4, -0.2) is 40.0 Å². The molecule has 112 valence electrons. The molecule has 6 heteroatoms. The van der Waals surface area contributed by atoms with Crippen LogP contribution in [-0.2, 0) is 11.8 Å². The van der Waals surface area contributed by atoms with E-state index in [4.69, 9.17) is 0 Å². The van der Waals surface area contributed by atoms with Gasteiger partial charge in [0.1, 0.15) is 11.9 Å². The van der Waals surface area contributed by atoms with Gasteiger partial charge in [-0.15, -0.1) is 0 Å². The highest BCUT2D eigenvalue weighted by Gasteiger charge is 2.33. The summed E-state index contributed by atoms with van der Waals surface area (Å²) in [5.74, 6) is 1.02. The Balaban J connectivity index is 1.84. The van der Waals surface area contributed by atoms with Crippen molar-refractivity contribution in [2.45, 2.75) is 18.9 Å². The third-order valence-electron chi connectivity index (χ3n) is 4.10. The van der Waals surface area contributed by atoms with Crippen molar-refractivity contribution in [3.8, 4) is 0 Å². The zero-order valence-corrected chi connectivity index (χ0v) is 13.1. The molecule has 21 heavy (non-hydrogen) atoms. The second-order valence-electron chi connectivity index (χ2n) is 5.43. The molecular formula is C15H20N4OS. The van der Waals surface area contributed by atoms with Crippen molar-refractivity contribution < 1.29 is 4.79 Å². The van der Waals surface area contributed by atoms with Gasteiger partial charge in [0.05, 0.1) is 5.92 Å². The van der Waals surface area contributed by atoms with Crippen LogP contribution < -0.4 is 5.32 Å². The van der Waals surface area contributed by atoms with E-state index in [9.17, 15) is 4.79 Å². The summed E-state index contributed by atoms with van der Waals surface area (Å²) in [4.78, 5) is 19.3. The molecule has 0 aromatic carbocycles. The Morgan fingerprint density at radius 1 is 1.57 bits per heavy atom. The van der Waals surface area contributed by atoms with Crippen molar-refractivity contribution in [2.75, 3.05) is 19.6 Å². The Morgan fingerprint density at radius 3 is 3.10 bits per heavy atom. The average Bonchev–Trinajstić information content (AvgIpc) is 3.17. The molecule has 2 aromatic heterocycles. The molecule has 0 aliphatic carbocycles. The molecular weight excluding hydrogens is 284 g/mol. The fraction of sp³-hybridized carbons (Fsp3) is 0.467. The molecule has 3 rings (SSSR count). The number of hydrogen-bond acceptors (Lipinski definition) is 4. The first kappa shape index (κ1) is 14.3. The molecule has 1 fully saturated rings. The van der Waals surface area contributed by atoms with E-state index >= 15 is 0 Å². The second-order valence-corrected chi connectivity index (χ2v) is 6.21. The van der Waals surface area contributed by atoms with Crippen molar-refractivity contribution >= 4 is 17.2 Å². The van der Waals surface area contributed by atoms with Gasteiger partial charge in [0.15, 0.2) is 0 Å². The predicted molar refractivity (Wildman–Crippen MR) is 83.3 cm³/mol. The highest BCUT2D eigenvalue weighted by molar-refractivity contribution is 7.08. The minimum atomic E-state index is -0.0999. The second kappa shape index (κ2) is 5.99. The third kappa shape index (κ3) is 2.73. The molecule has 1 saturated heterocycles. The zero-order valence-electron chi connectivity index (χ0n) is 12.3. The molecule has 5 nitrogen and oxygen atoms in total. The summed E-state index contributed by atoms with van der Waals surface area (Å²) >= 11 is 1.63. The van der Waals surface area contributed by atoms with Crippen molar-refractivity contribution in [1.82, 2.24) is 19.8 Å². The average molecular weight is 304 g/mol. The normalized spacial score (nSPS) is 20.5. The number of carbonyl (C=O) groups excluding carboxylic acids is 1. The lowest BCUT2D eigenvalue weighted by Gasteiger charge is -2.37. The summed E-state index contributed by atoms with van der Waals surface area (Å²) in [7, 11) is 1.97. The Labute approximate surface area is 128 Å². The first-order valence-electron chi connectivity index (χ1n) is 7.19. The van der Waals surface area contributed by atoms with Crippen LogP contribution in [0.2, 0.25) is 0 Å². The quantitative estimate of drug-likeness (QED) is 0.940. The van der Waals surface area contributed by atoms with Gasteiger partial charge in [-0.3, -0.25) is 4.79 Å². The number of carbonyl (C=O) groups is 1. The van der Waals surface area contributed by atoms with Gasteiger partial charge in [-0.2, -0.15) is 11.3 Å². The van der Waals surface area contributed by atoms with Crippen LogP contribution in [0.5, 0.6) is 0 Å². The summed E-state index contributed by atoms with van der Waals surface area (Å²) in [5.41, 5.74) is 1.10. The van der Waals surface area contributed by atoms with Gasteiger partial charge in [0.25, 0.3) is 0 Å². The zero-order chi connectivity index (χ0) is 14.8. The summed E-state index contributed by atoms with van der Waals surface area (Å²) in [6.07, 6.45) is 3.71. The van der Waals surface area contributed by atoms with E-state index in [-0.39, 0.29) is 17.9 Å². The molecule has 1 amide bonds. The Morgan fingerprint density at radius 2 is 2.43 bits per heavy atom. The van der Waals surface area contributed by atoms with E-state index in [1.807, 2.05) is 41.1 Å². The maximum Gasteiger partial charge on any atom is 0.230 e. The maximum atomic E-state index is 12.9. The van der Waals surface area contributed by atoms with Gasteiger partial charge >= 0.3 is 0 Å². The molecule has 0 spiro atoms. The number of rotatable bonds is 3. The van der Waals surface area contributed by atoms with Crippen molar-refractivity contribution in [2.24, 2.45) is 7.05 Å². The molecule has 0 bridgehead atoms. The maximum absolute atomic E-state index is 12.9. The molecule has 1 N–H and O–H groups in total. The monoisotopic (exact) mass is 304 g/mol. The van der Waals surface area contributed by atoms with Crippen LogP contribution in [0.1, 0.15) is 30.3 Å². The fourth-order valence-corrected chi connectivity index (χ4v) is 3.56. The lowest BCUT2D eigenvalue weighted by Crippen LogP contribution is -2.50. The Hall–Kier alpha value is -1.66. The van der Waals surface area contributed by atoms with Crippen LogP contribution in [0, 0.1) is 0 Å². The van der Waals surface area contributed by atoms with Crippen molar-refractivity contribution in [1.29, 1.82) is 0 Å². The van der Waals surface area contributed by atoms with E-state index in [2.05, 4.69) is 15.7 Å². The van der Waals surface area contributed by atoms with Gasteiger partial charge < -0.3 is 14.8 Å². The number of aryl methyl sites for hydroxylation is 1. The number of aromatic nitrogens is 2. The number of piperazine rings is 1. The molecule has 0 radical (unpaired) electrons. The van der Waals surface area contributed by atoms with E-state index in [0.717, 1.165) is 31.0 Å². The Kier molecular flexibility index (Phi) is 4.07. The van der Waals surface area contributed by atoms with Gasteiger partial charge in [0, 0.05) is 39.1 Å². The van der Waals surface area contributed by atoms with Crippen LogP contribution in [0.3, 0.4) is 0 Å². The molecule has 2 unspecified atom stereocenters. The number of nitrogens with one attached hydrogen (secondary N) is 1. The molecule has 3 heterocycles. The van der Waals surface area contributed by atoms with Gasteiger partial charge in [0.2, 0.25) is 5.91 Å². The SMILES string of the molecule is CC(C(=O)N1CCNCC1c1nccn1C)c1ccsc1. The molecule has 1 aliphatic rings.